The predicted octanol–water partition coefficient (Wildman–Crippen LogP) is 7.25. The van der Waals surface area contributed by atoms with E-state index in [4.69, 9.17) is 13.9 Å². The number of anilines is 1. The Hall–Kier alpha value is -7.87. The Labute approximate surface area is 362 Å². The van der Waals surface area contributed by atoms with E-state index < -0.39 is 53.6 Å². The lowest BCUT2D eigenvalue weighted by Gasteiger charge is -2.31. The lowest BCUT2D eigenvalue weighted by atomic mass is 10.0. The summed E-state index contributed by atoms with van der Waals surface area (Å²) in [4.78, 5) is 86.0. The Morgan fingerprint density at radius 1 is 0.825 bits per heavy atom. The number of hydrogen-bond donors (Lipinski definition) is 2. The number of pyridine rings is 1. The van der Waals surface area contributed by atoms with Crippen molar-refractivity contribution < 1.29 is 42.7 Å². The van der Waals surface area contributed by atoms with Crippen molar-refractivity contribution in [2.24, 2.45) is 0 Å². The molecule has 63 heavy (non-hydrogen) atoms. The highest BCUT2D eigenvalue weighted by molar-refractivity contribution is 6.24. The fraction of sp³-hybridized carbons (Fsp3) is 0.204. The van der Waals surface area contributed by atoms with E-state index in [9.17, 15) is 28.8 Å². The number of amides is 6. The second kappa shape index (κ2) is 18.8. The molecule has 3 unspecified atom stereocenters. The number of benzene rings is 4. The molecule has 4 aromatic carbocycles. The summed E-state index contributed by atoms with van der Waals surface area (Å²) < 4.78 is 17.6. The van der Waals surface area contributed by atoms with Crippen molar-refractivity contribution in [3.63, 3.8) is 0 Å². The molecule has 318 valence electrons. The van der Waals surface area contributed by atoms with Crippen molar-refractivity contribution in [3.05, 3.63) is 168 Å². The number of imide groups is 2. The van der Waals surface area contributed by atoms with Gasteiger partial charge in [-0.3, -0.25) is 48.9 Å². The van der Waals surface area contributed by atoms with Crippen LogP contribution in [0.3, 0.4) is 0 Å². The summed E-state index contributed by atoms with van der Waals surface area (Å²) in [6, 6.07) is 33.4. The lowest BCUT2D eigenvalue weighted by molar-refractivity contribution is -0.136. The standard InChI is InChI=1S/C49H43N5O9/c1-31(51-46(57)44(35-14-9-25-50-30-35)53(48(59)41-18-10-28-63-41)36-21-19-33(20-22-36)32-11-3-2-4-12-32)34-13-7-15-37(29-34)61-26-5-6-27-62-40-17-8-16-38-43(40)49(60)54(47(38)58)39-23-24-42(55)52-45(39)56/h2-4,7-22,25,28-31,39,44H,5-6,23-24,26-27H2,1H3,(H,51,57)(H,52,55,56). The van der Waals surface area contributed by atoms with Gasteiger partial charge in [0.15, 0.2) is 5.76 Å². The molecule has 1 fully saturated rings. The molecule has 0 aliphatic carbocycles. The molecular formula is C49H43N5O9. The maximum atomic E-state index is 14.5. The minimum Gasteiger partial charge on any atom is -0.494 e. The fourth-order valence-electron chi connectivity index (χ4n) is 7.73. The van der Waals surface area contributed by atoms with Gasteiger partial charge in [-0.25, -0.2) is 0 Å². The van der Waals surface area contributed by atoms with Crippen molar-refractivity contribution in [1.29, 1.82) is 0 Å². The summed E-state index contributed by atoms with van der Waals surface area (Å²) in [7, 11) is 0. The minimum atomic E-state index is -1.12. The summed E-state index contributed by atoms with van der Waals surface area (Å²) >= 11 is 0. The first-order valence-electron chi connectivity index (χ1n) is 20.6. The van der Waals surface area contributed by atoms with E-state index in [1.165, 1.54) is 17.2 Å². The molecule has 14 nitrogen and oxygen atoms in total. The van der Waals surface area contributed by atoms with E-state index in [1.807, 2.05) is 85.8 Å². The molecule has 6 aromatic rings. The average molecular weight is 846 g/mol. The number of furan rings is 1. The van der Waals surface area contributed by atoms with E-state index in [0.29, 0.717) is 36.4 Å². The molecule has 0 bridgehead atoms. The number of carbonyl (C=O) groups excluding carboxylic acids is 6. The number of rotatable bonds is 16. The van der Waals surface area contributed by atoms with E-state index in [-0.39, 0.29) is 42.1 Å². The third-order valence-electron chi connectivity index (χ3n) is 10.9. The van der Waals surface area contributed by atoms with Gasteiger partial charge in [-0.15, -0.1) is 0 Å². The molecule has 2 aromatic heterocycles. The first kappa shape index (κ1) is 41.8. The Kier molecular flexibility index (Phi) is 12.5. The third kappa shape index (κ3) is 9.10. The van der Waals surface area contributed by atoms with Crippen LogP contribution in [0.1, 0.15) is 87.1 Å². The summed E-state index contributed by atoms with van der Waals surface area (Å²) in [5, 5.41) is 5.31. The number of nitrogens with one attached hydrogen (secondary N) is 2. The highest BCUT2D eigenvalue weighted by atomic mass is 16.5. The lowest BCUT2D eigenvalue weighted by Crippen LogP contribution is -2.54. The van der Waals surface area contributed by atoms with E-state index in [0.717, 1.165) is 21.6 Å². The Morgan fingerprint density at radius 3 is 2.30 bits per heavy atom. The van der Waals surface area contributed by atoms with Crippen molar-refractivity contribution >= 4 is 41.1 Å². The second-order valence-corrected chi connectivity index (χ2v) is 15.1. The smallest absolute Gasteiger partial charge is 0.294 e. The molecule has 0 radical (unpaired) electrons. The highest BCUT2D eigenvalue weighted by Gasteiger charge is 2.46. The van der Waals surface area contributed by atoms with Crippen molar-refractivity contribution in [2.45, 2.75) is 50.7 Å². The molecule has 0 spiro atoms. The maximum Gasteiger partial charge on any atom is 0.294 e. The van der Waals surface area contributed by atoms with Gasteiger partial charge in [0.05, 0.1) is 36.6 Å². The van der Waals surface area contributed by atoms with Crippen LogP contribution in [0.25, 0.3) is 11.1 Å². The molecule has 14 heteroatoms. The van der Waals surface area contributed by atoms with Gasteiger partial charge < -0.3 is 19.2 Å². The van der Waals surface area contributed by atoms with Crippen LogP contribution in [0.5, 0.6) is 11.5 Å². The number of nitrogens with zero attached hydrogens (tertiary/aromatic N) is 3. The van der Waals surface area contributed by atoms with Crippen LogP contribution in [-0.2, 0) is 14.4 Å². The number of aromatic nitrogens is 1. The molecule has 2 aliphatic rings. The van der Waals surface area contributed by atoms with E-state index in [2.05, 4.69) is 15.6 Å². The predicted molar refractivity (Wildman–Crippen MR) is 231 cm³/mol. The van der Waals surface area contributed by atoms with Crippen LogP contribution in [0.15, 0.2) is 144 Å². The number of unbranched alkanes of at least 4 members (excludes halogenated alkanes) is 1. The van der Waals surface area contributed by atoms with Crippen molar-refractivity contribution in [1.82, 2.24) is 20.5 Å². The van der Waals surface area contributed by atoms with Crippen LogP contribution in [0.4, 0.5) is 5.69 Å². The summed E-state index contributed by atoms with van der Waals surface area (Å²) in [6.45, 7) is 2.43. The molecule has 2 aliphatic heterocycles. The second-order valence-electron chi connectivity index (χ2n) is 15.1. The Morgan fingerprint density at radius 2 is 1.57 bits per heavy atom. The number of carbonyl (C=O) groups is 6. The molecule has 0 saturated carbocycles. The quantitative estimate of drug-likeness (QED) is 0.0746. The third-order valence-corrected chi connectivity index (χ3v) is 10.9. The first-order valence-corrected chi connectivity index (χ1v) is 20.6. The van der Waals surface area contributed by atoms with Gasteiger partial charge in [-0.05, 0) is 97.5 Å². The zero-order valence-electron chi connectivity index (χ0n) is 34.3. The van der Waals surface area contributed by atoms with Gasteiger partial charge in [0.2, 0.25) is 17.7 Å². The largest absolute Gasteiger partial charge is 0.494 e. The van der Waals surface area contributed by atoms with E-state index in [1.54, 1.807) is 48.8 Å². The van der Waals surface area contributed by atoms with Gasteiger partial charge in [0, 0.05) is 30.1 Å². The van der Waals surface area contributed by atoms with Crippen molar-refractivity contribution in [2.75, 3.05) is 18.1 Å². The molecular weight excluding hydrogens is 803 g/mol. The summed E-state index contributed by atoms with van der Waals surface area (Å²) in [5.74, 6) is -2.38. The zero-order chi connectivity index (χ0) is 43.9. The van der Waals surface area contributed by atoms with E-state index >= 15 is 0 Å². The zero-order valence-corrected chi connectivity index (χ0v) is 34.3. The minimum absolute atomic E-state index is 0.0321. The molecule has 3 atom stereocenters. The molecule has 2 N–H and O–H groups in total. The van der Waals surface area contributed by atoms with Crippen molar-refractivity contribution in [3.8, 4) is 22.6 Å². The average Bonchev–Trinajstić information content (AvgIpc) is 3.94. The van der Waals surface area contributed by atoms with Gasteiger partial charge in [-0.1, -0.05) is 66.7 Å². The van der Waals surface area contributed by atoms with Gasteiger partial charge in [-0.2, -0.15) is 0 Å². The molecule has 8 rings (SSSR count). The van der Waals surface area contributed by atoms with Crippen LogP contribution in [-0.4, -0.2) is 64.6 Å². The number of piperidine rings is 1. The fourth-order valence-corrected chi connectivity index (χ4v) is 7.73. The summed E-state index contributed by atoms with van der Waals surface area (Å²) in [5.41, 5.74) is 3.97. The molecule has 6 amide bonds. The highest BCUT2D eigenvalue weighted by Crippen LogP contribution is 2.35. The van der Waals surface area contributed by atoms with Crippen LogP contribution >= 0.6 is 0 Å². The Bertz CT molecular complexity index is 2640. The Balaban J connectivity index is 0.904. The van der Waals surface area contributed by atoms with Gasteiger partial charge in [0.25, 0.3) is 17.7 Å². The maximum absolute atomic E-state index is 14.5. The summed E-state index contributed by atoms with van der Waals surface area (Å²) in [6.07, 6.45) is 5.84. The topological polar surface area (TPSA) is 177 Å². The molecule has 1 saturated heterocycles. The van der Waals surface area contributed by atoms with Crippen LogP contribution in [0, 0.1) is 0 Å². The number of hydrogen-bond acceptors (Lipinski definition) is 10. The normalized spacial score (nSPS) is 15.6. The van der Waals surface area contributed by atoms with Gasteiger partial charge >= 0.3 is 0 Å². The van der Waals surface area contributed by atoms with Crippen LogP contribution in [0.2, 0.25) is 0 Å². The molecule has 4 heterocycles. The monoisotopic (exact) mass is 845 g/mol. The van der Waals surface area contributed by atoms with Crippen LogP contribution < -0.4 is 25.0 Å². The number of fused-ring (bicyclic) bond motifs is 1. The number of ether oxygens (including phenoxy) is 2. The first-order chi connectivity index (χ1) is 30.7. The SMILES string of the molecule is CC(NC(=O)C(c1cccnc1)N(C(=O)c1ccco1)c1ccc(-c2ccccc2)cc1)c1cccc(OCCCCOc2cccc3c2C(=O)N(C2CCC(=O)NC2=O)C3=O)c1. The van der Waals surface area contributed by atoms with Gasteiger partial charge in [0.1, 0.15) is 23.6 Å².